The van der Waals surface area contributed by atoms with Crippen molar-refractivity contribution in [2.75, 3.05) is 6.61 Å². The van der Waals surface area contributed by atoms with Gasteiger partial charge in [-0.3, -0.25) is 4.79 Å². The van der Waals surface area contributed by atoms with Crippen LogP contribution in [-0.4, -0.2) is 27.4 Å². The minimum Gasteiger partial charge on any atom is -0.467 e. The number of amides is 1. The quantitative estimate of drug-likeness (QED) is 0.755. The van der Waals surface area contributed by atoms with Crippen molar-refractivity contribution in [3.05, 3.63) is 71.4 Å². The number of aryl methyl sites for hydroxylation is 2. The molecule has 124 valence electrons. The SMILES string of the molecule is Cc1cc(C)n(-c2ccc(C(=O)NC(CO)c3ccco3)cc2)n1. The van der Waals surface area contributed by atoms with Crippen molar-refractivity contribution in [3.63, 3.8) is 0 Å². The first-order valence-corrected chi connectivity index (χ1v) is 7.67. The van der Waals surface area contributed by atoms with Crippen molar-refractivity contribution in [1.82, 2.24) is 15.1 Å². The molecule has 1 unspecified atom stereocenters. The Balaban J connectivity index is 1.75. The molecule has 0 aliphatic carbocycles. The van der Waals surface area contributed by atoms with Gasteiger partial charge in [0.25, 0.3) is 5.91 Å². The number of hydrogen-bond acceptors (Lipinski definition) is 4. The van der Waals surface area contributed by atoms with E-state index in [0.717, 1.165) is 17.1 Å². The molecular weight excluding hydrogens is 306 g/mol. The van der Waals surface area contributed by atoms with E-state index >= 15 is 0 Å². The predicted octanol–water partition coefficient (Wildman–Crippen LogP) is 2.55. The highest BCUT2D eigenvalue weighted by Gasteiger charge is 2.17. The molecule has 0 aliphatic rings. The molecule has 0 spiro atoms. The number of carbonyl (C=O) groups is 1. The molecule has 1 amide bonds. The van der Waals surface area contributed by atoms with E-state index in [1.807, 2.05) is 36.7 Å². The Morgan fingerprint density at radius 3 is 2.58 bits per heavy atom. The van der Waals surface area contributed by atoms with Crippen molar-refractivity contribution in [2.24, 2.45) is 0 Å². The van der Waals surface area contributed by atoms with Gasteiger partial charge >= 0.3 is 0 Å². The topological polar surface area (TPSA) is 80.3 Å². The van der Waals surface area contributed by atoms with E-state index in [9.17, 15) is 9.90 Å². The fourth-order valence-electron chi connectivity index (χ4n) is 2.58. The van der Waals surface area contributed by atoms with Crippen molar-refractivity contribution in [1.29, 1.82) is 0 Å². The number of aromatic nitrogens is 2. The molecule has 0 aliphatic heterocycles. The monoisotopic (exact) mass is 325 g/mol. The number of benzene rings is 1. The van der Waals surface area contributed by atoms with E-state index in [1.54, 1.807) is 24.3 Å². The van der Waals surface area contributed by atoms with Crippen molar-refractivity contribution < 1.29 is 14.3 Å². The Morgan fingerprint density at radius 1 is 1.29 bits per heavy atom. The number of furan rings is 1. The molecule has 24 heavy (non-hydrogen) atoms. The molecular formula is C18H19N3O3. The van der Waals surface area contributed by atoms with Gasteiger partial charge in [-0.2, -0.15) is 5.10 Å². The Morgan fingerprint density at radius 2 is 2.04 bits per heavy atom. The first kappa shape index (κ1) is 16.0. The minimum absolute atomic E-state index is 0.233. The first-order chi connectivity index (χ1) is 11.6. The second-order valence-corrected chi connectivity index (χ2v) is 5.61. The van der Waals surface area contributed by atoms with E-state index in [-0.39, 0.29) is 12.5 Å². The van der Waals surface area contributed by atoms with E-state index in [4.69, 9.17) is 4.42 Å². The highest BCUT2D eigenvalue weighted by atomic mass is 16.3. The van der Waals surface area contributed by atoms with Gasteiger partial charge in [0, 0.05) is 11.3 Å². The number of aliphatic hydroxyl groups excluding tert-OH is 1. The van der Waals surface area contributed by atoms with Gasteiger partial charge in [-0.25, -0.2) is 4.68 Å². The predicted molar refractivity (Wildman–Crippen MR) is 89.0 cm³/mol. The summed E-state index contributed by atoms with van der Waals surface area (Å²) < 4.78 is 7.06. The lowest BCUT2D eigenvalue weighted by Gasteiger charge is -2.14. The third-order valence-electron chi connectivity index (χ3n) is 3.76. The summed E-state index contributed by atoms with van der Waals surface area (Å²) in [6.07, 6.45) is 1.51. The van der Waals surface area contributed by atoms with Gasteiger partial charge < -0.3 is 14.8 Å². The van der Waals surface area contributed by atoms with Crippen LogP contribution < -0.4 is 5.32 Å². The summed E-state index contributed by atoms with van der Waals surface area (Å²) in [4.78, 5) is 12.3. The molecule has 0 radical (unpaired) electrons. The summed E-state index contributed by atoms with van der Waals surface area (Å²) >= 11 is 0. The van der Waals surface area contributed by atoms with Crippen molar-refractivity contribution >= 4 is 5.91 Å². The average molecular weight is 325 g/mol. The number of carbonyl (C=O) groups excluding carboxylic acids is 1. The standard InChI is InChI=1S/C18H19N3O3/c1-12-10-13(2)21(20-12)15-7-5-14(6-8-15)18(23)19-16(11-22)17-4-3-9-24-17/h3-10,16,22H,11H2,1-2H3,(H,19,23). The molecule has 6 nitrogen and oxygen atoms in total. The molecule has 0 saturated carbocycles. The normalized spacial score (nSPS) is 12.1. The maximum atomic E-state index is 12.3. The molecule has 3 rings (SSSR count). The van der Waals surface area contributed by atoms with Crippen molar-refractivity contribution in [3.8, 4) is 5.69 Å². The second-order valence-electron chi connectivity index (χ2n) is 5.61. The summed E-state index contributed by atoms with van der Waals surface area (Å²) in [6.45, 7) is 3.69. The summed E-state index contributed by atoms with van der Waals surface area (Å²) in [6, 6.07) is 12.0. The molecule has 2 N–H and O–H groups in total. The Bertz CT molecular complexity index is 820. The smallest absolute Gasteiger partial charge is 0.251 e. The Hall–Kier alpha value is -2.86. The van der Waals surface area contributed by atoms with Crippen LogP contribution >= 0.6 is 0 Å². The van der Waals surface area contributed by atoms with Crippen LogP contribution in [0.25, 0.3) is 5.69 Å². The van der Waals surface area contributed by atoms with Gasteiger partial charge in [-0.1, -0.05) is 0 Å². The lowest BCUT2D eigenvalue weighted by Crippen LogP contribution is -2.30. The Labute approximate surface area is 139 Å². The first-order valence-electron chi connectivity index (χ1n) is 7.67. The van der Waals surface area contributed by atoms with Crippen LogP contribution in [0.15, 0.2) is 53.1 Å². The van der Waals surface area contributed by atoms with Crippen LogP contribution in [0.2, 0.25) is 0 Å². The average Bonchev–Trinajstić information content (AvgIpc) is 3.22. The largest absolute Gasteiger partial charge is 0.467 e. The zero-order valence-electron chi connectivity index (χ0n) is 13.6. The van der Waals surface area contributed by atoms with Gasteiger partial charge in [0.15, 0.2) is 0 Å². The fraction of sp³-hybridized carbons (Fsp3) is 0.222. The fourth-order valence-corrected chi connectivity index (χ4v) is 2.58. The molecule has 3 aromatic rings. The van der Waals surface area contributed by atoms with E-state index in [1.165, 1.54) is 6.26 Å². The number of nitrogens with zero attached hydrogens (tertiary/aromatic N) is 2. The molecule has 0 fully saturated rings. The summed E-state index contributed by atoms with van der Waals surface area (Å²) in [7, 11) is 0. The molecule has 1 atom stereocenters. The van der Waals surface area contributed by atoms with Crippen LogP contribution in [0.5, 0.6) is 0 Å². The zero-order chi connectivity index (χ0) is 17.1. The van der Waals surface area contributed by atoms with Crippen LogP contribution in [0.1, 0.15) is 33.5 Å². The van der Waals surface area contributed by atoms with Crippen LogP contribution in [0, 0.1) is 13.8 Å². The third kappa shape index (κ3) is 3.23. The van der Waals surface area contributed by atoms with Gasteiger partial charge in [-0.15, -0.1) is 0 Å². The summed E-state index contributed by atoms with van der Waals surface area (Å²) in [5, 5.41) is 16.6. The maximum Gasteiger partial charge on any atom is 0.251 e. The van der Waals surface area contributed by atoms with E-state index in [0.29, 0.717) is 11.3 Å². The Kier molecular flexibility index (Phi) is 4.48. The van der Waals surface area contributed by atoms with Crippen LogP contribution in [0.3, 0.4) is 0 Å². The number of aliphatic hydroxyl groups is 1. The highest BCUT2D eigenvalue weighted by Crippen LogP contribution is 2.16. The molecule has 0 bridgehead atoms. The molecule has 1 aromatic carbocycles. The molecule has 2 aromatic heterocycles. The molecule has 2 heterocycles. The van der Waals surface area contributed by atoms with Gasteiger partial charge in [-0.05, 0) is 56.3 Å². The summed E-state index contributed by atoms with van der Waals surface area (Å²) in [5.74, 6) is 0.246. The molecule has 6 heteroatoms. The third-order valence-corrected chi connectivity index (χ3v) is 3.76. The summed E-state index contributed by atoms with van der Waals surface area (Å²) in [5.41, 5.74) is 3.37. The van der Waals surface area contributed by atoms with Gasteiger partial charge in [0.1, 0.15) is 11.8 Å². The molecule has 0 saturated heterocycles. The lowest BCUT2D eigenvalue weighted by molar-refractivity contribution is 0.0907. The number of nitrogens with one attached hydrogen (secondary N) is 1. The van der Waals surface area contributed by atoms with Gasteiger partial charge in [0.05, 0.1) is 24.3 Å². The number of hydrogen-bond donors (Lipinski definition) is 2. The van der Waals surface area contributed by atoms with E-state index < -0.39 is 6.04 Å². The van der Waals surface area contributed by atoms with Crippen molar-refractivity contribution in [2.45, 2.75) is 19.9 Å². The highest BCUT2D eigenvalue weighted by molar-refractivity contribution is 5.94. The second kappa shape index (κ2) is 6.72. The zero-order valence-corrected chi connectivity index (χ0v) is 13.6. The maximum absolute atomic E-state index is 12.3. The van der Waals surface area contributed by atoms with E-state index in [2.05, 4.69) is 10.4 Å². The minimum atomic E-state index is -0.566. The number of rotatable bonds is 5. The lowest BCUT2D eigenvalue weighted by atomic mass is 10.1. The van der Waals surface area contributed by atoms with Crippen LogP contribution in [0.4, 0.5) is 0 Å². The van der Waals surface area contributed by atoms with Crippen LogP contribution in [-0.2, 0) is 0 Å². The van der Waals surface area contributed by atoms with Gasteiger partial charge in [0.2, 0.25) is 0 Å².